The molecule has 1 unspecified atom stereocenters. The lowest BCUT2D eigenvalue weighted by Gasteiger charge is -2.36. The molecule has 0 saturated heterocycles. The van der Waals surface area contributed by atoms with Crippen molar-refractivity contribution in [1.29, 1.82) is 0 Å². The molecule has 3 aliphatic rings. The van der Waals surface area contributed by atoms with Crippen LogP contribution in [0.5, 0.6) is 5.75 Å². The van der Waals surface area contributed by atoms with Gasteiger partial charge in [-0.05, 0) is 65.4 Å². The first-order valence-electron chi connectivity index (χ1n) is 11.7. The molecule has 1 aliphatic heterocycles. The van der Waals surface area contributed by atoms with Crippen LogP contribution in [0.25, 0.3) is 0 Å². The van der Waals surface area contributed by atoms with Gasteiger partial charge in [-0.25, -0.2) is 0 Å². The average molecular weight is 424 g/mol. The van der Waals surface area contributed by atoms with Gasteiger partial charge in [-0.1, -0.05) is 24.6 Å². The van der Waals surface area contributed by atoms with Gasteiger partial charge in [0, 0.05) is 34.9 Å². The molecule has 1 fully saturated rings. The molecule has 2 atom stereocenters. The number of carbonyl (C=O) groups excluding carboxylic acids is 2. The van der Waals surface area contributed by atoms with Crippen molar-refractivity contribution >= 4 is 17.5 Å². The van der Waals surface area contributed by atoms with Gasteiger partial charge >= 0.3 is 5.97 Å². The molecule has 0 aromatic heterocycles. The first-order chi connectivity index (χ1) is 15.0. The third-order valence-electron chi connectivity index (χ3n) is 6.54. The van der Waals surface area contributed by atoms with Crippen molar-refractivity contribution in [2.45, 2.75) is 90.3 Å². The van der Waals surface area contributed by atoms with E-state index >= 15 is 0 Å². The monoisotopic (exact) mass is 423 g/mol. The number of rotatable bonds is 5. The highest BCUT2D eigenvalue weighted by Gasteiger charge is 2.44. The molecular formula is C26H33NO4. The van der Waals surface area contributed by atoms with Crippen LogP contribution in [0, 0.1) is 5.92 Å². The molecule has 0 radical (unpaired) electrons. The van der Waals surface area contributed by atoms with Crippen LogP contribution < -0.4 is 4.74 Å². The van der Waals surface area contributed by atoms with Gasteiger partial charge in [-0.15, -0.1) is 0 Å². The van der Waals surface area contributed by atoms with Crippen molar-refractivity contribution in [2.24, 2.45) is 10.9 Å². The van der Waals surface area contributed by atoms with E-state index in [1.165, 1.54) is 6.42 Å². The van der Waals surface area contributed by atoms with E-state index in [0.29, 0.717) is 12.0 Å². The number of aliphatic imine (C=N–C) groups is 1. The molecule has 5 heteroatoms. The maximum atomic E-state index is 13.5. The number of allylic oxidation sites excluding steroid dienone is 2. The van der Waals surface area contributed by atoms with Crippen molar-refractivity contribution in [3.63, 3.8) is 0 Å². The Balaban J connectivity index is 1.76. The average Bonchev–Trinajstić information content (AvgIpc) is 2.73. The minimum Gasteiger partial charge on any atom is -0.491 e. The highest BCUT2D eigenvalue weighted by Crippen LogP contribution is 2.46. The van der Waals surface area contributed by atoms with Crippen LogP contribution in [0.1, 0.15) is 83.6 Å². The Bertz CT molecular complexity index is 908. The summed E-state index contributed by atoms with van der Waals surface area (Å²) in [5.41, 5.74) is 3.12. The summed E-state index contributed by atoms with van der Waals surface area (Å²) in [5, 5.41) is 0. The van der Waals surface area contributed by atoms with Gasteiger partial charge in [-0.2, -0.15) is 0 Å². The largest absolute Gasteiger partial charge is 0.491 e. The van der Waals surface area contributed by atoms with Crippen LogP contribution in [-0.4, -0.2) is 29.7 Å². The van der Waals surface area contributed by atoms with Gasteiger partial charge in [-0.3, -0.25) is 14.6 Å². The van der Waals surface area contributed by atoms with Crippen molar-refractivity contribution in [1.82, 2.24) is 0 Å². The number of benzene rings is 1. The standard InChI is InChI=1S/C26H33NO4/c1-16(2)30-22-15-8-7-12-19(22)24-23(26(29)31-18-10-5-4-6-11-18)17(3)27-20-13-9-14-21(28)25(20)24/h7-8,12,15-16,18,23-24H,4-6,9-11,13-14H2,1-3H3/t23?,24-/m1/s1. The Kier molecular flexibility index (Phi) is 6.59. The van der Waals surface area contributed by atoms with Crippen molar-refractivity contribution in [2.75, 3.05) is 0 Å². The van der Waals surface area contributed by atoms with Crippen molar-refractivity contribution in [3.8, 4) is 5.75 Å². The third kappa shape index (κ3) is 4.60. The van der Waals surface area contributed by atoms with E-state index in [1.807, 2.05) is 45.0 Å². The third-order valence-corrected chi connectivity index (χ3v) is 6.54. The molecule has 1 saturated carbocycles. The van der Waals surface area contributed by atoms with Gasteiger partial charge in [0.05, 0.1) is 6.10 Å². The molecule has 5 nitrogen and oxygen atoms in total. The summed E-state index contributed by atoms with van der Waals surface area (Å²) in [6, 6.07) is 7.78. The Labute approximate surface area is 184 Å². The molecule has 1 aromatic carbocycles. The number of Topliss-reactive ketones (excluding diaryl/α,β-unsaturated/α-hetero) is 1. The number of ketones is 1. The predicted octanol–water partition coefficient (Wildman–Crippen LogP) is 5.53. The summed E-state index contributed by atoms with van der Waals surface area (Å²) in [5.74, 6) is -0.455. The SMILES string of the molecule is CC1=NC2=C(C(=O)CCC2)[C@H](c2ccccc2OC(C)C)C1C(=O)OC1CCCCC1. The number of hydrogen-bond acceptors (Lipinski definition) is 5. The molecule has 2 aliphatic carbocycles. The van der Waals surface area contributed by atoms with E-state index in [1.54, 1.807) is 0 Å². The van der Waals surface area contributed by atoms with E-state index < -0.39 is 11.8 Å². The summed E-state index contributed by atoms with van der Waals surface area (Å²) >= 11 is 0. The van der Waals surface area contributed by atoms with Crippen LogP contribution in [0.15, 0.2) is 40.5 Å². The Morgan fingerprint density at radius 2 is 1.81 bits per heavy atom. The van der Waals surface area contributed by atoms with Crippen LogP contribution in [0.4, 0.5) is 0 Å². The molecular weight excluding hydrogens is 390 g/mol. The number of hydrogen-bond donors (Lipinski definition) is 0. The maximum absolute atomic E-state index is 13.5. The minimum absolute atomic E-state index is 0.0114. The zero-order valence-electron chi connectivity index (χ0n) is 18.9. The molecule has 0 amide bonds. The second-order valence-electron chi connectivity index (χ2n) is 9.25. The minimum atomic E-state index is -0.598. The zero-order chi connectivity index (χ0) is 22.0. The molecule has 0 bridgehead atoms. The molecule has 166 valence electrons. The Morgan fingerprint density at radius 1 is 1.06 bits per heavy atom. The van der Waals surface area contributed by atoms with Gasteiger partial charge in [0.1, 0.15) is 17.8 Å². The van der Waals surface area contributed by atoms with Gasteiger partial charge in [0.2, 0.25) is 0 Å². The van der Waals surface area contributed by atoms with Crippen molar-refractivity contribution in [3.05, 3.63) is 41.1 Å². The number of nitrogens with zero attached hydrogens (tertiary/aromatic N) is 1. The lowest BCUT2D eigenvalue weighted by atomic mass is 9.71. The van der Waals surface area contributed by atoms with Crippen LogP contribution in [0.3, 0.4) is 0 Å². The summed E-state index contributed by atoms with van der Waals surface area (Å²) in [7, 11) is 0. The van der Waals surface area contributed by atoms with Gasteiger partial charge < -0.3 is 9.47 Å². The van der Waals surface area contributed by atoms with E-state index in [4.69, 9.17) is 14.5 Å². The number of esters is 1. The van der Waals surface area contributed by atoms with E-state index in [0.717, 1.165) is 61.2 Å². The second kappa shape index (κ2) is 9.37. The lowest BCUT2D eigenvalue weighted by Crippen LogP contribution is -2.39. The number of ether oxygens (including phenoxy) is 2. The molecule has 0 spiro atoms. The zero-order valence-corrected chi connectivity index (χ0v) is 18.9. The van der Waals surface area contributed by atoms with Gasteiger partial charge in [0.25, 0.3) is 0 Å². The van der Waals surface area contributed by atoms with Crippen LogP contribution in [-0.2, 0) is 14.3 Å². The van der Waals surface area contributed by atoms with Crippen molar-refractivity contribution < 1.29 is 19.1 Å². The Morgan fingerprint density at radius 3 is 2.55 bits per heavy atom. The van der Waals surface area contributed by atoms with E-state index in [9.17, 15) is 9.59 Å². The lowest BCUT2D eigenvalue weighted by molar-refractivity contribution is -0.153. The normalized spacial score (nSPS) is 24.6. The summed E-state index contributed by atoms with van der Waals surface area (Å²) in [6.07, 6.45) is 7.26. The number of para-hydroxylation sites is 1. The fraction of sp³-hybridized carbons (Fsp3) is 0.577. The summed E-state index contributed by atoms with van der Waals surface area (Å²) < 4.78 is 12.1. The Hall–Kier alpha value is -2.43. The molecule has 4 rings (SSSR count). The predicted molar refractivity (Wildman–Crippen MR) is 120 cm³/mol. The van der Waals surface area contributed by atoms with Crippen LogP contribution in [0.2, 0.25) is 0 Å². The highest BCUT2D eigenvalue weighted by atomic mass is 16.5. The fourth-order valence-corrected chi connectivity index (χ4v) is 5.17. The first kappa shape index (κ1) is 21.8. The molecule has 0 N–H and O–H groups in total. The first-order valence-corrected chi connectivity index (χ1v) is 11.7. The molecule has 1 heterocycles. The second-order valence-corrected chi connectivity index (χ2v) is 9.25. The number of carbonyl (C=O) groups is 2. The summed E-state index contributed by atoms with van der Waals surface area (Å²) in [6.45, 7) is 5.86. The summed E-state index contributed by atoms with van der Waals surface area (Å²) in [4.78, 5) is 31.3. The topological polar surface area (TPSA) is 65.0 Å². The maximum Gasteiger partial charge on any atom is 0.315 e. The highest BCUT2D eigenvalue weighted by molar-refractivity contribution is 6.09. The quantitative estimate of drug-likeness (QED) is 0.584. The molecule has 1 aromatic rings. The molecule has 31 heavy (non-hydrogen) atoms. The van der Waals surface area contributed by atoms with Gasteiger partial charge in [0.15, 0.2) is 5.78 Å². The van der Waals surface area contributed by atoms with E-state index in [-0.39, 0.29) is 24.0 Å². The smallest absolute Gasteiger partial charge is 0.315 e. The fourth-order valence-electron chi connectivity index (χ4n) is 5.17. The van der Waals surface area contributed by atoms with Crippen LogP contribution >= 0.6 is 0 Å². The van der Waals surface area contributed by atoms with E-state index in [2.05, 4.69) is 0 Å².